The molecule has 22 heavy (non-hydrogen) atoms. The number of aromatic nitrogens is 1. The van der Waals surface area contributed by atoms with Gasteiger partial charge >= 0.3 is 0 Å². The highest BCUT2D eigenvalue weighted by Crippen LogP contribution is 2.39. The van der Waals surface area contributed by atoms with Crippen molar-refractivity contribution >= 4 is 16.8 Å². The average Bonchev–Trinajstić information content (AvgIpc) is 3.27. The summed E-state index contributed by atoms with van der Waals surface area (Å²) >= 11 is 0. The standard InChI is InChI=1S/C17H22N2O3/c1-3-22-13-7-4-11-8-15(18-14(11)9-13)16(21)19-17(2,10-20)12-5-6-12/h4,7-9,12,18,20H,3,5-6,10H2,1-2H3,(H,19,21). The number of benzene rings is 1. The Labute approximate surface area is 129 Å². The zero-order valence-corrected chi connectivity index (χ0v) is 13.0. The Bertz CT molecular complexity index is 690. The molecule has 0 radical (unpaired) electrons. The Balaban J connectivity index is 1.81. The minimum absolute atomic E-state index is 0.0435. The summed E-state index contributed by atoms with van der Waals surface area (Å²) in [5, 5.41) is 13.5. The topological polar surface area (TPSA) is 74.3 Å². The monoisotopic (exact) mass is 302 g/mol. The van der Waals surface area contributed by atoms with Crippen molar-refractivity contribution in [3.05, 3.63) is 30.0 Å². The van der Waals surface area contributed by atoms with Crippen LogP contribution in [0, 0.1) is 5.92 Å². The van der Waals surface area contributed by atoms with Crippen LogP contribution in [0.25, 0.3) is 10.9 Å². The summed E-state index contributed by atoms with van der Waals surface area (Å²) in [5.74, 6) is 0.968. The van der Waals surface area contributed by atoms with E-state index in [4.69, 9.17) is 4.74 Å². The van der Waals surface area contributed by atoms with Crippen molar-refractivity contribution in [1.82, 2.24) is 10.3 Å². The largest absolute Gasteiger partial charge is 0.494 e. The van der Waals surface area contributed by atoms with Crippen LogP contribution in [0.15, 0.2) is 24.3 Å². The minimum Gasteiger partial charge on any atom is -0.494 e. The maximum absolute atomic E-state index is 12.4. The van der Waals surface area contributed by atoms with Crippen molar-refractivity contribution in [1.29, 1.82) is 0 Å². The van der Waals surface area contributed by atoms with Gasteiger partial charge in [0.1, 0.15) is 11.4 Å². The molecule has 0 saturated heterocycles. The summed E-state index contributed by atoms with van der Waals surface area (Å²) in [6, 6.07) is 7.54. The van der Waals surface area contributed by atoms with Gasteiger partial charge in [0.25, 0.3) is 5.91 Å². The summed E-state index contributed by atoms with van der Waals surface area (Å²) in [5.41, 5.74) is 0.836. The van der Waals surface area contributed by atoms with Crippen LogP contribution >= 0.6 is 0 Å². The number of amides is 1. The molecule has 0 bridgehead atoms. The maximum Gasteiger partial charge on any atom is 0.268 e. The molecular formula is C17H22N2O3. The smallest absolute Gasteiger partial charge is 0.268 e. The number of hydrogen-bond donors (Lipinski definition) is 3. The molecular weight excluding hydrogens is 280 g/mol. The molecule has 1 aliphatic carbocycles. The zero-order chi connectivity index (χ0) is 15.7. The van der Waals surface area contributed by atoms with Gasteiger partial charge in [-0.25, -0.2) is 0 Å². The first kappa shape index (κ1) is 14.9. The minimum atomic E-state index is -0.537. The third-order valence-corrected chi connectivity index (χ3v) is 4.36. The molecule has 3 N–H and O–H groups in total. The van der Waals surface area contributed by atoms with Gasteiger partial charge in [-0.3, -0.25) is 4.79 Å². The van der Waals surface area contributed by atoms with Crippen LogP contribution in [0.4, 0.5) is 0 Å². The van der Waals surface area contributed by atoms with Crippen molar-refractivity contribution in [3.8, 4) is 5.75 Å². The quantitative estimate of drug-likeness (QED) is 0.767. The highest BCUT2D eigenvalue weighted by molar-refractivity contribution is 5.98. The summed E-state index contributed by atoms with van der Waals surface area (Å²) in [7, 11) is 0. The fourth-order valence-electron chi connectivity index (χ4n) is 2.80. The third-order valence-electron chi connectivity index (χ3n) is 4.36. The molecule has 0 spiro atoms. The van der Waals surface area contributed by atoms with Gasteiger partial charge < -0.3 is 20.1 Å². The second-order valence-electron chi connectivity index (χ2n) is 6.17. The summed E-state index contributed by atoms with van der Waals surface area (Å²) in [4.78, 5) is 15.6. The lowest BCUT2D eigenvalue weighted by Gasteiger charge is -2.28. The van der Waals surface area contributed by atoms with Crippen LogP contribution in [0.1, 0.15) is 37.2 Å². The number of nitrogens with one attached hydrogen (secondary N) is 2. The first-order chi connectivity index (χ1) is 10.6. The van der Waals surface area contributed by atoms with Crippen LogP contribution in [0.3, 0.4) is 0 Å². The molecule has 5 nitrogen and oxygen atoms in total. The van der Waals surface area contributed by atoms with Gasteiger partial charge in [0.2, 0.25) is 0 Å². The average molecular weight is 302 g/mol. The molecule has 1 aromatic carbocycles. The van der Waals surface area contributed by atoms with E-state index in [9.17, 15) is 9.90 Å². The summed E-state index contributed by atoms with van der Waals surface area (Å²) in [6.07, 6.45) is 2.11. The predicted octanol–water partition coefficient (Wildman–Crippen LogP) is 2.46. The molecule has 1 heterocycles. The Hall–Kier alpha value is -2.01. The molecule has 1 fully saturated rings. The molecule has 2 aromatic rings. The van der Waals surface area contributed by atoms with Crippen LogP contribution in [0.5, 0.6) is 5.75 Å². The normalized spacial score (nSPS) is 17.2. The molecule has 5 heteroatoms. The Morgan fingerprint density at radius 2 is 2.23 bits per heavy atom. The van der Waals surface area contributed by atoms with E-state index < -0.39 is 5.54 Å². The van der Waals surface area contributed by atoms with Crippen molar-refractivity contribution in [2.75, 3.05) is 13.2 Å². The Morgan fingerprint density at radius 3 is 2.86 bits per heavy atom. The number of carbonyl (C=O) groups is 1. The van der Waals surface area contributed by atoms with E-state index in [1.54, 1.807) is 0 Å². The number of carbonyl (C=O) groups excluding carboxylic acids is 1. The second-order valence-corrected chi connectivity index (χ2v) is 6.17. The van der Waals surface area contributed by atoms with E-state index in [1.807, 2.05) is 38.1 Å². The van der Waals surface area contributed by atoms with Gasteiger partial charge in [-0.1, -0.05) is 0 Å². The van der Waals surface area contributed by atoms with Crippen LogP contribution in [-0.2, 0) is 0 Å². The van der Waals surface area contributed by atoms with Gasteiger partial charge in [-0.15, -0.1) is 0 Å². The molecule has 1 amide bonds. The number of aliphatic hydroxyl groups excluding tert-OH is 1. The molecule has 1 unspecified atom stereocenters. The number of H-pyrrole nitrogens is 1. The van der Waals surface area contributed by atoms with Gasteiger partial charge in [-0.05, 0) is 50.8 Å². The van der Waals surface area contributed by atoms with E-state index in [2.05, 4.69) is 10.3 Å². The summed E-state index contributed by atoms with van der Waals surface area (Å²) < 4.78 is 5.47. The fraction of sp³-hybridized carbons (Fsp3) is 0.471. The highest BCUT2D eigenvalue weighted by atomic mass is 16.5. The second kappa shape index (κ2) is 5.65. The molecule has 1 aromatic heterocycles. The van der Waals surface area contributed by atoms with E-state index in [0.29, 0.717) is 18.2 Å². The molecule has 3 rings (SSSR count). The first-order valence-electron chi connectivity index (χ1n) is 7.74. The number of aromatic amines is 1. The van der Waals surface area contributed by atoms with E-state index in [0.717, 1.165) is 29.5 Å². The Kier molecular flexibility index (Phi) is 3.83. The van der Waals surface area contributed by atoms with Crippen LogP contribution in [0.2, 0.25) is 0 Å². The number of aliphatic hydroxyl groups is 1. The van der Waals surface area contributed by atoms with E-state index in [1.165, 1.54) is 0 Å². The predicted molar refractivity (Wildman–Crippen MR) is 85.1 cm³/mol. The number of rotatable bonds is 6. The lowest BCUT2D eigenvalue weighted by atomic mass is 9.97. The molecule has 118 valence electrons. The lowest BCUT2D eigenvalue weighted by molar-refractivity contribution is 0.0820. The Morgan fingerprint density at radius 1 is 1.45 bits per heavy atom. The molecule has 0 aliphatic heterocycles. The fourth-order valence-corrected chi connectivity index (χ4v) is 2.80. The molecule has 1 atom stereocenters. The molecule has 1 saturated carbocycles. The van der Waals surface area contributed by atoms with Gasteiger partial charge in [0.15, 0.2) is 0 Å². The third kappa shape index (κ3) is 2.81. The maximum atomic E-state index is 12.4. The summed E-state index contributed by atoms with van der Waals surface area (Å²) in [6.45, 7) is 4.40. The van der Waals surface area contributed by atoms with Crippen LogP contribution in [-0.4, -0.2) is 34.8 Å². The molecule has 1 aliphatic rings. The van der Waals surface area contributed by atoms with Crippen LogP contribution < -0.4 is 10.1 Å². The lowest BCUT2D eigenvalue weighted by Crippen LogP contribution is -2.50. The van der Waals surface area contributed by atoms with Gasteiger partial charge in [-0.2, -0.15) is 0 Å². The first-order valence-corrected chi connectivity index (χ1v) is 7.74. The van der Waals surface area contributed by atoms with Crippen molar-refractivity contribution in [2.45, 2.75) is 32.2 Å². The number of hydrogen-bond acceptors (Lipinski definition) is 3. The number of fused-ring (bicyclic) bond motifs is 1. The zero-order valence-electron chi connectivity index (χ0n) is 13.0. The number of ether oxygens (including phenoxy) is 1. The SMILES string of the molecule is CCOc1ccc2cc(C(=O)NC(C)(CO)C3CC3)[nH]c2c1. The van der Waals surface area contributed by atoms with Crippen molar-refractivity contribution in [2.24, 2.45) is 5.92 Å². The van der Waals surface area contributed by atoms with E-state index in [-0.39, 0.29) is 12.5 Å². The van der Waals surface area contributed by atoms with Crippen molar-refractivity contribution < 1.29 is 14.6 Å². The van der Waals surface area contributed by atoms with Gasteiger partial charge in [0.05, 0.1) is 18.8 Å². The van der Waals surface area contributed by atoms with E-state index >= 15 is 0 Å². The van der Waals surface area contributed by atoms with Gasteiger partial charge in [0, 0.05) is 17.0 Å². The van der Waals surface area contributed by atoms with Crippen molar-refractivity contribution in [3.63, 3.8) is 0 Å². The highest BCUT2D eigenvalue weighted by Gasteiger charge is 2.42.